The molecule has 0 aliphatic carbocycles. The van der Waals surface area contributed by atoms with E-state index in [4.69, 9.17) is 9.47 Å². The van der Waals surface area contributed by atoms with Crippen LogP contribution >= 0.6 is 0 Å². The zero-order chi connectivity index (χ0) is 18.6. The number of amides is 2. The Labute approximate surface area is 156 Å². The highest BCUT2D eigenvalue weighted by molar-refractivity contribution is 5.89. The van der Waals surface area contributed by atoms with Gasteiger partial charge in [-0.2, -0.15) is 5.10 Å². The average molecular weight is 365 g/mol. The first-order valence-corrected chi connectivity index (χ1v) is 8.55. The Balaban J connectivity index is 1.37. The van der Waals surface area contributed by atoms with E-state index < -0.39 is 0 Å². The molecule has 27 heavy (non-hydrogen) atoms. The SMILES string of the molecule is Cn1cc(-c2cncc(CNC(=O)Nc3ccc4c(c3)OCCO4)c2)cn1. The third-order valence-corrected chi connectivity index (χ3v) is 4.09. The third kappa shape index (κ3) is 4.00. The number of aryl methyl sites for hydroxylation is 1. The van der Waals surface area contributed by atoms with Crippen LogP contribution < -0.4 is 20.1 Å². The standard InChI is InChI=1S/C19H19N5O3/c1-24-12-15(11-22-24)14-6-13(8-20-10-14)9-21-19(25)23-16-2-3-17-18(7-16)27-5-4-26-17/h2-3,6-8,10-12H,4-5,9H2,1H3,(H2,21,23,25). The van der Waals surface area contributed by atoms with Gasteiger partial charge >= 0.3 is 6.03 Å². The Morgan fingerprint density at radius 3 is 2.78 bits per heavy atom. The van der Waals surface area contributed by atoms with Crippen LogP contribution in [0.3, 0.4) is 0 Å². The van der Waals surface area contributed by atoms with Gasteiger partial charge in [-0.1, -0.05) is 0 Å². The van der Waals surface area contributed by atoms with Crippen molar-refractivity contribution in [1.29, 1.82) is 0 Å². The number of nitrogens with one attached hydrogen (secondary N) is 2. The number of fused-ring (bicyclic) bond motifs is 1. The van der Waals surface area contributed by atoms with Gasteiger partial charge < -0.3 is 20.1 Å². The summed E-state index contributed by atoms with van der Waals surface area (Å²) in [6.07, 6.45) is 7.20. The largest absolute Gasteiger partial charge is 0.486 e. The smallest absolute Gasteiger partial charge is 0.319 e. The number of hydrogen-bond donors (Lipinski definition) is 2. The van der Waals surface area contributed by atoms with Crippen molar-refractivity contribution >= 4 is 11.7 Å². The molecule has 1 aromatic carbocycles. The van der Waals surface area contributed by atoms with E-state index in [0.29, 0.717) is 36.9 Å². The van der Waals surface area contributed by atoms with Crippen LogP contribution in [-0.2, 0) is 13.6 Å². The van der Waals surface area contributed by atoms with Crippen LogP contribution in [0.1, 0.15) is 5.56 Å². The lowest BCUT2D eigenvalue weighted by atomic mass is 10.1. The summed E-state index contributed by atoms with van der Waals surface area (Å²) in [6, 6.07) is 6.98. The van der Waals surface area contributed by atoms with Crippen molar-refractivity contribution in [1.82, 2.24) is 20.1 Å². The third-order valence-electron chi connectivity index (χ3n) is 4.09. The maximum Gasteiger partial charge on any atom is 0.319 e. The average Bonchev–Trinajstić information content (AvgIpc) is 3.13. The van der Waals surface area contributed by atoms with Crippen LogP contribution in [0.4, 0.5) is 10.5 Å². The minimum absolute atomic E-state index is 0.307. The number of benzene rings is 1. The fourth-order valence-electron chi connectivity index (χ4n) is 2.79. The molecule has 1 aliphatic rings. The predicted molar refractivity (Wildman–Crippen MR) is 99.7 cm³/mol. The van der Waals surface area contributed by atoms with Gasteiger partial charge in [0.15, 0.2) is 11.5 Å². The summed E-state index contributed by atoms with van der Waals surface area (Å²) in [7, 11) is 1.87. The number of anilines is 1. The van der Waals surface area contributed by atoms with Crippen molar-refractivity contribution < 1.29 is 14.3 Å². The molecule has 8 heteroatoms. The molecule has 2 amide bonds. The molecular weight excluding hydrogens is 346 g/mol. The monoisotopic (exact) mass is 365 g/mol. The van der Waals surface area contributed by atoms with Gasteiger partial charge in [0.25, 0.3) is 0 Å². The summed E-state index contributed by atoms with van der Waals surface area (Å²) in [6.45, 7) is 1.40. The van der Waals surface area contributed by atoms with Crippen molar-refractivity contribution in [2.75, 3.05) is 18.5 Å². The molecule has 0 spiro atoms. The number of aromatic nitrogens is 3. The molecule has 0 radical (unpaired) electrons. The first kappa shape index (κ1) is 16.9. The zero-order valence-electron chi connectivity index (χ0n) is 14.8. The summed E-state index contributed by atoms with van der Waals surface area (Å²) in [5, 5.41) is 9.79. The number of ether oxygens (including phenoxy) is 2. The number of carbonyl (C=O) groups excluding carboxylic acids is 1. The maximum absolute atomic E-state index is 12.2. The Bertz CT molecular complexity index is 969. The van der Waals surface area contributed by atoms with Crippen molar-refractivity contribution in [3.05, 3.63) is 54.6 Å². The van der Waals surface area contributed by atoms with E-state index >= 15 is 0 Å². The van der Waals surface area contributed by atoms with Crippen LogP contribution in [0.25, 0.3) is 11.1 Å². The second kappa shape index (κ2) is 7.36. The number of pyridine rings is 1. The fourth-order valence-corrected chi connectivity index (χ4v) is 2.79. The Kier molecular flexibility index (Phi) is 4.61. The molecule has 8 nitrogen and oxygen atoms in total. The van der Waals surface area contributed by atoms with Crippen LogP contribution in [0.5, 0.6) is 11.5 Å². The predicted octanol–water partition coefficient (Wildman–Crippen LogP) is 2.58. The topological polar surface area (TPSA) is 90.3 Å². The molecule has 2 N–H and O–H groups in total. The van der Waals surface area contributed by atoms with Crippen molar-refractivity contribution in [2.24, 2.45) is 7.05 Å². The first-order valence-electron chi connectivity index (χ1n) is 8.55. The van der Waals surface area contributed by atoms with Crippen molar-refractivity contribution in [2.45, 2.75) is 6.54 Å². The molecule has 4 rings (SSSR count). The van der Waals surface area contributed by atoms with Crippen LogP contribution in [0.2, 0.25) is 0 Å². The zero-order valence-corrected chi connectivity index (χ0v) is 14.8. The summed E-state index contributed by atoms with van der Waals surface area (Å²) in [5.41, 5.74) is 3.47. The molecule has 2 aromatic heterocycles. The lowest BCUT2D eigenvalue weighted by Gasteiger charge is -2.19. The molecule has 0 saturated carbocycles. The minimum Gasteiger partial charge on any atom is -0.486 e. The van der Waals surface area contributed by atoms with Crippen molar-refractivity contribution in [3.8, 4) is 22.6 Å². The van der Waals surface area contributed by atoms with Crippen molar-refractivity contribution in [3.63, 3.8) is 0 Å². The van der Waals surface area contributed by atoms with Gasteiger partial charge in [-0.15, -0.1) is 0 Å². The second-order valence-electron chi connectivity index (χ2n) is 6.15. The Hall–Kier alpha value is -3.55. The molecule has 1 aliphatic heterocycles. The fraction of sp³-hybridized carbons (Fsp3) is 0.211. The maximum atomic E-state index is 12.2. The Morgan fingerprint density at radius 2 is 1.96 bits per heavy atom. The van der Waals surface area contributed by atoms with E-state index in [1.807, 2.05) is 19.3 Å². The molecule has 0 unspecified atom stereocenters. The summed E-state index contributed by atoms with van der Waals surface area (Å²) < 4.78 is 12.7. The second-order valence-corrected chi connectivity index (χ2v) is 6.15. The lowest BCUT2D eigenvalue weighted by Crippen LogP contribution is -2.28. The molecule has 138 valence electrons. The van der Waals surface area contributed by atoms with E-state index in [-0.39, 0.29) is 6.03 Å². The van der Waals surface area contributed by atoms with Crippen LogP contribution in [0.15, 0.2) is 49.1 Å². The number of urea groups is 1. The van der Waals surface area contributed by atoms with E-state index in [2.05, 4.69) is 20.7 Å². The van der Waals surface area contributed by atoms with Gasteiger partial charge in [0.2, 0.25) is 0 Å². The minimum atomic E-state index is -0.307. The van der Waals surface area contributed by atoms with E-state index in [0.717, 1.165) is 16.7 Å². The molecule has 0 atom stereocenters. The van der Waals surface area contributed by atoms with E-state index in [9.17, 15) is 4.79 Å². The highest BCUT2D eigenvalue weighted by Gasteiger charge is 2.12. The van der Waals surface area contributed by atoms with Crippen LogP contribution in [0, 0.1) is 0 Å². The normalized spacial score (nSPS) is 12.5. The number of carbonyl (C=O) groups is 1. The summed E-state index contributed by atoms with van der Waals surface area (Å²) >= 11 is 0. The van der Waals surface area contributed by atoms with Gasteiger partial charge in [0.1, 0.15) is 13.2 Å². The highest BCUT2D eigenvalue weighted by atomic mass is 16.6. The molecule has 3 heterocycles. The highest BCUT2D eigenvalue weighted by Crippen LogP contribution is 2.32. The Morgan fingerprint density at radius 1 is 1.11 bits per heavy atom. The van der Waals surface area contributed by atoms with Gasteiger partial charge in [-0.25, -0.2) is 4.79 Å². The lowest BCUT2D eigenvalue weighted by molar-refractivity contribution is 0.171. The molecule has 0 bridgehead atoms. The van der Waals surface area contributed by atoms with Gasteiger partial charge in [-0.3, -0.25) is 9.67 Å². The molecule has 0 saturated heterocycles. The summed E-state index contributed by atoms with van der Waals surface area (Å²) in [5.74, 6) is 1.32. The van der Waals surface area contributed by atoms with Gasteiger partial charge in [0.05, 0.1) is 6.20 Å². The van der Waals surface area contributed by atoms with Gasteiger partial charge in [0, 0.05) is 55.1 Å². The van der Waals surface area contributed by atoms with Crippen LogP contribution in [-0.4, -0.2) is 34.0 Å². The summed E-state index contributed by atoms with van der Waals surface area (Å²) in [4.78, 5) is 16.4. The number of hydrogen-bond acceptors (Lipinski definition) is 5. The number of nitrogens with zero attached hydrogens (tertiary/aromatic N) is 3. The van der Waals surface area contributed by atoms with E-state index in [1.165, 1.54) is 0 Å². The first-order chi connectivity index (χ1) is 13.2. The van der Waals surface area contributed by atoms with Gasteiger partial charge in [-0.05, 0) is 23.8 Å². The van der Waals surface area contributed by atoms with E-state index in [1.54, 1.807) is 41.5 Å². The molecule has 0 fully saturated rings. The quantitative estimate of drug-likeness (QED) is 0.742. The molecule has 3 aromatic rings. The molecular formula is C19H19N5O3. The number of rotatable bonds is 4.